The highest BCUT2D eigenvalue weighted by atomic mass is 32.1. The lowest BCUT2D eigenvalue weighted by atomic mass is 10.2. The molecule has 0 saturated carbocycles. The maximum atomic E-state index is 11.2. The summed E-state index contributed by atoms with van der Waals surface area (Å²) >= 11 is 1.34. The molecule has 0 aliphatic carbocycles. The van der Waals surface area contributed by atoms with Gasteiger partial charge in [-0.2, -0.15) is 0 Å². The molecule has 20 heavy (non-hydrogen) atoms. The number of anilines is 1. The Bertz CT molecular complexity index is 487. The Morgan fingerprint density at radius 1 is 1.65 bits per heavy atom. The first-order valence-corrected chi connectivity index (χ1v) is 7.59. The number of nitro groups is 1. The van der Waals surface area contributed by atoms with Crippen LogP contribution in [0, 0.1) is 10.1 Å². The molecule has 1 aliphatic rings. The van der Waals surface area contributed by atoms with E-state index in [0.29, 0.717) is 15.9 Å². The zero-order chi connectivity index (χ0) is 14.9. The van der Waals surface area contributed by atoms with Crippen molar-refractivity contribution in [2.75, 3.05) is 32.1 Å². The first kappa shape index (κ1) is 15.2. The summed E-state index contributed by atoms with van der Waals surface area (Å²) in [6, 6.07) is 1.82. The minimum absolute atomic E-state index is 0.122. The summed E-state index contributed by atoms with van der Waals surface area (Å²) in [6.07, 6.45) is 1.44. The Hall–Kier alpha value is -1.18. The van der Waals surface area contributed by atoms with E-state index in [1.807, 2.05) is 14.1 Å². The molecular formula is C13H21N3O3S. The molecule has 2 heterocycles. The fourth-order valence-corrected chi connectivity index (χ4v) is 3.81. The predicted octanol–water partition coefficient (Wildman–Crippen LogP) is 2.24. The van der Waals surface area contributed by atoms with Gasteiger partial charge in [-0.25, -0.2) is 0 Å². The van der Waals surface area contributed by atoms with Crippen LogP contribution in [0.3, 0.4) is 0 Å². The third-order valence-corrected chi connectivity index (χ3v) is 4.87. The normalized spacial score (nSPS) is 20.6. The highest BCUT2D eigenvalue weighted by molar-refractivity contribution is 7.16. The second-order valence-corrected chi connectivity index (χ2v) is 6.59. The minimum atomic E-state index is -0.664. The van der Waals surface area contributed by atoms with E-state index in [1.165, 1.54) is 17.4 Å². The van der Waals surface area contributed by atoms with Gasteiger partial charge in [0.05, 0.1) is 11.0 Å². The smallest absolute Gasteiger partial charge is 0.304 e. The minimum Gasteiger partial charge on any atom is -0.388 e. The zero-order valence-corrected chi connectivity index (χ0v) is 12.9. The number of hydrogen-bond donors (Lipinski definition) is 1. The molecule has 0 spiro atoms. The fourth-order valence-electron chi connectivity index (χ4n) is 2.65. The second-order valence-electron chi connectivity index (χ2n) is 5.52. The second kappa shape index (κ2) is 6.07. The lowest BCUT2D eigenvalue weighted by Gasteiger charge is -2.27. The molecule has 1 N–H and O–H groups in total. The number of rotatable bonds is 5. The van der Waals surface area contributed by atoms with Crippen LogP contribution in [0.25, 0.3) is 0 Å². The number of thiophene rings is 1. The number of aliphatic hydroxyl groups excluding tert-OH is 1. The highest BCUT2D eigenvalue weighted by Gasteiger charge is 2.32. The van der Waals surface area contributed by atoms with Gasteiger partial charge in [-0.1, -0.05) is 0 Å². The van der Waals surface area contributed by atoms with E-state index in [1.54, 1.807) is 6.92 Å². The van der Waals surface area contributed by atoms with Crippen molar-refractivity contribution < 1.29 is 10.0 Å². The maximum Gasteiger partial charge on any atom is 0.304 e. The monoisotopic (exact) mass is 299 g/mol. The molecule has 1 aromatic rings. The third-order valence-electron chi connectivity index (χ3n) is 3.53. The van der Waals surface area contributed by atoms with Gasteiger partial charge in [-0.15, -0.1) is 11.3 Å². The molecule has 1 aliphatic heterocycles. The Kier molecular flexibility index (Phi) is 4.62. The van der Waals surface area contributed by atoms with Crippen molar-refractivity contribution in [1.82, 2.24) is 4.90 Å². The molecule has 0 radical (unpaired) electrons. The topological polar surface area (TPSA) is 69.8 Å². The van der Waals surface area contributed by atoms with Crippen LogP contribution < -0.4 is 4.90 Å². The Morgan fingerprint density at radius 3 is 2.90 bits per heavy atom. The molecule has 1 saturated heterocycles. The fraction of sp³-hybridized carbons (Fsp3) is 0.692. The summed E-state index contributed by atoms with van der Waals surface area (Å²) < 4.78 is 0. The average molecular weight is 299 g/mol. The van der Waals surface area contributed by atoms with Gasteiger partial charge in [0, 0.05) is 30.1 Å². The van der Waals surface area contributed by atoms with Crippen molar-refractivity contribution in [1.29, 1.82) is 0 Å². The van der Waals surface area contributed by atoms with Crippen molar-refractivity contribution in [3.8, 4) is 0 Å². The third kappa shape index (κ3) is 3.11. The number of nitrogens with zero attached hydrogens (tertiary/aromatic N) is 3. The summed E-state index contributed by atoms with van der Waals surface area (Å²) in [6.45, 7) is 3.37. The summed E-state index contributed by atoms with van der Waals surface area (Å²) in [7, 11) is 4.03. The largest absolute Gasteiger partial charge is 0.388 e. The molecule has 0 bridgehead atoms. The van der Waals surface area contributed by atoms with Gasteiger partial charge in [0.1, 0.15) is 0 Å². The van der Waals surface area contributed by atoms with Crippen molar-refractivity contribution >= 4 is 22.0 Å². The lowest BCUT2D eigenvalue weighted by molar-refractivity contribution is -0.383. The van der Waals surface area contributed by atoms with E-state index in [4.69, 9.17) is 0 Å². The number of aliphatic hydroxyl groups is 1. The standard InChI is InChI=1S/C13H21N3O3S/c1-9(17)12-7-11(16(18)19)13(20-12)15-6-4-5-10(15)8-14(2)3/h7,9-10,17H,4-6,8H2,1-3H3/t9-,10?/m0/s1. The van der Waals surface area contributed by atoms with E-state index in [0.717, 1.165) is 25.9 Å². The molecule has 2 rings (SSSR count). The summed E-state index contributed by atoms with van der Waals surface area (Å²) in [5.41, 5.74) is 0.122. The van der Waals surface area contributed by atoms with E-state index >= 15 is 0 Å². The average Bonchev–Trinajstić information content (AvgIpc) is 2.93. The van der Waals surface area contributed by atoms with Crippen molar-refractivity contribution in [2.45, 2.75) is 31.9 Å². The molecule has 2 atom stereocenters. The van der Waals surface area contributed by atoms with Gasteiger partial charge >= 0.3 is 5.69 Å². The van der Waals surface area contributed by atoms with Crippen molar-refractivity contribution in [3.63, 3.8) is 0 Å². The first-order valence-electron chi connectivity index (χ1n) is 6.77. The quantitative estimate of drug-likeness (QED) is 0.667. The van der Waals surface area contributed by atoms with Gasteiger partial charge in [0.15, 0.2) is 5.00 Å². The van der Waals surface area contributed by atoms with E-state index < -0.39 is 6.10 Å². The van der Waals surface area contributed by atoms with Crippen LogP contribution in [0.1, 0.15) is 30.7 Å². The van der Waals surface area contributed by atoms with Crippen LogP contribution in [0.15, 0.2) is 6.07 Å². The van der Waals surface area contributed by atoms with Crippen LogP contribution in [0.5, 0.6) is 0 Å². The molecule has 7 heteroatoms. The molecular weight excluding hydrogens is 278 g/mol. The number of likely N-dealkylation sites (N-methyl/N-ethyl adjacent to an activating group) is 1. The molecule has 0 amide bonds. The van der Waals surface area contributed by atoms with Crippen LogP contribution in [0.2, 0.25) is 0 Å². The maximum absolute atomic E-state index is 11.2. The van der Waals surface area contributed by atoms with Crippen molar-refractivity contribution in [3.05, 3.63) is 21.1 Å². The summed E-state index contributed by atoms with van der Waals surface area (Å²) in [5.74, 6) is 0. The van der Waals surface area contributed by atoms with Gasteiger partial charge in [-0.3, -0.25) is 10.1 Å². The molecule has 1 fully saturated rings. The molecule has 6 nitrogen and oxygen atoms in total. The zero-order valence-electron chi connectivity index (χ0n) is 12.1. The van der Waals surface area contributed by atoms with Gasteiger partial charge < -0.3 is 14.9 Å². The molecule has 1 unspecified atom stereocenters. The first-order chi connectivity index (χ1) is 9.40. The van der Waals surface area contributed by atoms with Gasteiger partial charge in [0.25, 0.3) is 0 Å². The van der Waals surface area contributed by atoms with Crippen LogP contribution in [-0.2, 0) is 0 Å². The van der Waals surface area contributed by atoms with Crippen LogP contribution >= 0.6 is 11.3 Å². The predicted molar refractivity (Wildman–Crippen MR) is 80.5 cm³/mol. The van der Waals surface area contributed by atoms with Gasteiger partial charge in [-0.05, 0) is 33.9 Å². The Balaban J connectivity index is 2.32. The summed E-state index contributed by atoms with van der Waals surface area (Å²) in [5, 5.41) is 21.6. The highest BCUT2D eigenvalue weighted by Crippen LogP contribution is 2.42. The van der Waals surface area contributed by atoms with Crippen LogP contribution in [0.4, 0.5) is 10.7 Å². The molecule has 0 aromatic carbocycles. The SMILES string of the molecule is C[C@H](O)c1cc([N+](=O)[O-])c(N2CCCC2CN(C)C)s1. The van der Waals surface area contributed by atoms with Crippen molar-refractivity contribution in [2.24, 2.45) is 0 Å². The van der Waals surface area contributed by atoms with E-state index in [9.17, 15) is 15.2 Å². The van der Waals surface area contributed by atoms with Gasteiger partial charge in [0.2, 0.25) is 0 Å². The number of hydrogen-bond acceptors (Lipinski definition) is 6. The lowest BCUT2D eigenvalue weighted by Crippen LogP contribution is -2.37. The Morgan fingerprint density at radius 2 is 2.35 bits per heavy atom. The van der Waals surface area contributed by atoms with Crippen LogP contribution in [-0.4, -0.2) is 48.2 Å². The van der Waals surface area contributed by atoms with E-state index in [-0.39, 0.29) is 10.6 Å². The molecule has 112 valence electrons. The van der Waals surface area contributed by atoms with E-state index in [2.05, 4.69) is 9.80 Å². The molecule has 1 aromatic heterocycles. The summed E-state index contributed by atoms with van der Waals surface area (Å²) in [4.78, 5) is 15.8. The Labute approximate surface area is 122 Å².